The maximum Gasteiger partial charge on any atom is 0.0835 e. The minimum absolute atomic E-state index is 0.470. The molecule has 1 aromatic rings. The molecule has 19 heavy (non-hydrogen) atoms. The first kappa shape index (κ1) is 15.5. The molecule has 1 fully saturated rings. The molecule has 0 radical (unpaired) electrons. The van der Waals surface area contributed by atoms with E-state index in [4.69, 9.17) is 23.2 Å². The van der Waals surface area contributed by atoms with Gasteiger partial charge in [-0.15, -0.1) is 0 Å². The lowest BCUT2D eigenvalue weighted by Crippen LogP contribution is -2.19. The largest absolute Gasteiger partial charge is 0.381 e. The van der Waals surface area contributed by atoms with Crippen molar-refractivity contribution in [3.8, 4) is 0 Å². The maximum absolute atomic E-state index is 6.29. The molecule has 0 spiro atoms. The van der Waals surface area contributed by atoms with Gasteiger partial charge in [-0.05, 0) is 59.2 Å². The summed E-state index contributed by atoms with van der Waals surface area (Å²) in [5.41, 5.74) is 1.41. The Balaban J connectivity index is 2.07. The summed E-state index contributed by atoms with van der Waals surface area (Å²) in [6, 6.07) is 4.43. The van der Waals surface area contributed by atoms with Crippen LogP contribution in [0.3, 0.4) is 0 Å². The van der Waals surface area contributed by atoms with Crippen LogP contribution in [0.25, 0.3) is 0 Å². The zero-order valence-electron chi connectivity index (χ0n) is 11.4. The first-order chi connectivity index (χ1) is 8.89. The van der Waals surface area contributed by atoms with Gasteiger partial charge in [0.1, 0.15) is 0 Å². The number of nitrogens with one attached hydrogen (secondary N) is 1. The van der Waals surface area contributed by atoms with Crippen molar-refractivity contribution in [1.29, 1.82) is 0 Å². The Labute approximate surface area is 134 Å². The minimum atomic E-state index is 0.470. The van der Waals surface area contributed by atoms with Gasteiger partial charge >= 0.3 is 0 Å². The smallest absolute Gasteiger partial charge is 0.0835 e. The molecule has 4 heteroatoms. The molecule has 1 aliphatic rings. The number of benzene rings is 1. The van der Waals surface area contributed by atoms with Gasteiger partial charge in [0.15, 0.2) is 0 Å². The van der Waals surface area contributed by atoms with Gasteiger partial charge in [0.05, 0.1) is 15.7 Å². The Morgan fingerprint density at radius 2 is 1.89 bits per heavy atom. The SMILES string of the molecule is CC1(C)CCCC(Nc2ccc(Br)c(Cl)c2Cl)CC1. The van der Waals surface area contributed by atoms with Crippen molar-refractivity contribution in [3.63, 3.8) is 0 Å². The summed E-state index contributed by atoms with van der Waals surface area (Å²) >= 11 is 15.8. The average molecular weight is 365 g/mol. The predicted octanol–water partition coefficient (Wildman–Crippen LogP) is 6.53. The zero-order valence-corrected chi connectivity index (χ0v) is 14.5. The molecule has 106 valence electrons. The predicted molar refractivity (Wildman–Crippen MR) is 88.4 cm³/mol. The van der Waals surface area contributed by atoms with E-state index < -0.39 is 0 Å². The van der Waals surface area contributed by atoms with Crippen LogP contribution in [-0.4, -0.2) is 6.04 Å². The van der Waals surface area contributed by atoms with Gasteiger partial charge in [-0.3, -0.25) is 0 Å². The van der Waals surface area contributed by atoms with Gasteiger partial charge in [0.25, 0.3) is 0 Å². The van der Waals surface area contributed by atoms with E-state index in [2.05, 4.69) is 35.1 Å². The Kier molecular flexibility index (Phi) is 5.08. The summed E-state index contributed by atoms with van der Waals surface area (Å²) in [6.45, 7) is 4.72. The van der Waals surface area contributed by atoms with Gasteiger partial charge in [-0.1, -0.05) is 43.5 Å². The van der Waals surface area contributed by atoms with Crippen LogP contribution in [0, 0.1) is 5.41 Å². The first-order valence-corrected chi connectivity index (χ1v) is 8.34. The average Bonchev–Trinajstić information content (AvgIpc) is 2.52. The molecule has 1 unspecified atom stereocenters. The molecular formula is C15H20BrCl2N. The van der Waals surface area contributed by atoms with Crippen LogP contribution < -0.4 is 5.32 Å². The molecule has 0 amide bonds. The van der Waals surface area contributed by atoms with Crippen LogP contribution >= 0.6 is 39.1 Å². The standard InChI is InChI=1S/C15H20BrCl2N/c1-15(2)8-3-4-10(7-9-15)19-12-6-5-11(16)13(17)14(12)18/h5-6,10,19H,3-4,7-9H2,1-2H3. The molecule has 0 aliphatic heterocycles. The summed E-state index contributed by atoms with van der Waals surface area (Å²) in [5, 5.41) is 4.75. The van der Waals surface area contributed by atoms with Crippen LogP contribution in [0.2, 0.25) is 10.0 Å². The Hall–Kier alpha value is 0.0800. The molecule has 0 heterocycles. The van der Waals surface area contributed by atoms with Gasteiger partial charge in [-0.2, -0.15) is 0 Å². The molecule has 2 rings (SSSR count). The zero-order chi connectivity index (χ0) is 14.0. The normalized spacial score (nSPS) is 22.9. The van der Waals surface area contributed by atoms with E-state index in [9.17, 15) is 0 Å². The van der Waals surface area contributed by atoms with E-state index >= 15 is 0 Å². The highest BCUT2D eigenvalue weighted by molar-refractivity contribution is 9.10. The van der Waals surface area contributed by atoms with Crippen LogP contribution in [0.4, 0.5) is 5.69 Å². The van der Waals surface area contributed by atoms with E-state index in [1.165, 1.54) is 32.1 Å². The third-order valence-corrected chi connectivity index (χ3v) is 5.74. The third-order valence-electron chi connectivity index (χ3n) is 3.97. The molecule has 1 atom stereocenters. The monoisotopic (exact) mass is 363 g/mol. The lowest BCUT2D eigenvalue weighted by atomic mass is 9.85. The summed E-state index contributed by atoms with van der Waals surface area (Å²) in [7, 11) is 0. The first-order valence-electron chi connectivity index (χ1n) is 6.79. The number of hydrogen-bond donors (Lipinski definition) is 1. The highest BCUT2D eigenvalue weighted by atomic mass is 79.9. The van der Waals surface area contributed by atoms with Crippen molar-refractivity contribution in [2.24, 2.45) is 5.41 Å². The van der Waals surface area contributed by atoms with Crippen molar-refractivity contribution in [2.75, 3.05) is 5.32 Å². The molecule has 0 saturated heterocycles. The Morgan fingerprint density at radius 3 is 2.63 bits per heavy atom. The van der Waals surface area contributed by atoms with Gasteiger partial charge < -0.3 is 5.32 Å². The molecule has 0 aromatic heterocycles. The highest BCUT2D eigenvalue weighted by Gasteiger charge is 2.24. The Morgan fingerprint density at radius 1 is 1.16 bits per heavy atom. The van der Waals surface area contributed by atoms with Crippen molar-refractivity contribution >= 4 is 44.8 Å². The second kappa shape index (κ2) is 6.24. The van der Waals surface area contributed by atoms with Crippen LogP contribution in [-0.2, 0) is 0 Å². The summed E-state index contributed by atoms with van der Waals surface area (Å²) in [4.78, 5) is 0. The number of rotatable bonds is 2. The molecule has 1 nitrogen and oxygen atoms in total. The molecule has 0 bridgehead atoms. The summed E-state index contributed by atoms with van der Waals surface area (Å²) in [6.07, 6.45) is 6.23. The van der Waals surface area contributed by atoms with E-state index in [1.54, 1.807) is 0 Å². The third kappa shape index (κ3) is 4.03. The van der Waals surface area contributed by atoms with E-state index in [1.807, 2.05) is 12.1 Å². The van der Waals surface area contributed by atoms with Gasteiger partial charge in [0, 0.05) is 10.5 Å². The topological polar surface area (TPSA) is 12.0 Å². The van der Waals surface area contributed by atoms with Crippen molar-refractivity contribution < 1.29 is 0 Å². The van der Waals surface area contributed by atoms with Crippen molar-refractivity contribution in [2.45, 2.75) is 52.0 Å². The van der Waals surface area contributed by atoms with Crippen molar-refractivity contribution in [3.05, 3.63) is 26.7 Å². The van der Waals surface area contributed by atoms with Crippen LogP contribution in [0.5, 0.6) is 0 Å². The minimum Gasteiger partial charge on any atom is -0.381 e. The quantitative estimate of drug-likeness (QED) is 0.464. The highest BCUT2D eigenvalue weighted by Crippen LogP contribution is 2.38. The number of anilines is 1. The molecule has 1 N–H and O–H groups in total. The Bertz CT molecular complexity index is 460. The lowest BCUT2D eigenvalue weighted by molar-refractivity contribution is 0.313. The molecule has 1 aromatic carbocycles. The fourth-order valence-corrected chi connectivity index (χ4v) is 3.49. The van der Waals surface area contributed by atoms with Gasteiger partial charge in [0.2, 0.25) is 0 Å². The molecule has 1 saturated carbocycles. The second-order valence-corrected chi connectivity index (χ2v) is 7.77. The number of hydrogen-bond acceptors (Lipinski definition) is 1. The van der Waals surface area contributed by atoms with E-state index in [-0.39, 0.29) is 0 Å². The van der Waals surface area contributed by atoms with Crippen molar-refractivity contribution in [1.82, 2.24) is 0 Å². The fourth-order valence-electron chi connectivity index (χ4n) is 2.66. The molecule has 1 aliphatic carbocycles. The maximum atomic E-state index is 6.29. The van der Waals surface area contributed by atoms with Gasteiger partial charge in [-0.25, -0.2) is 0 Å². The van der Waals surface area contributed by atoms with E-state index in [0.29, 0.717) is 21.5 Å². The summed E-state index contributed by atoms with van der Waals surface area (Å²) < 4.78 is 0.840. The van der Waals surface area contributed by atoms with Crippen LogP contribution in [0.1, 0.15) is 46.0 Å². The second-order valence-electron chi connectivity index (χ2n) is 6.16. The molecular weight excluding hydrogens is 345 g/mol. The summed E-state index contributed by atoms with van der Waals surface area (Å²) in [5.74, 6) is 0. The van der Waals surface area contributed by atoms with E-state index in [0.717, 1.165) is 10.2 Å². The van der Waals surface area contributed by atoms with Crippen LogP contribution in [0.15, 0.2) is 16.6 Å². The lowest BCUT2D eigenvalue weighted by Gasteiger charge is -2.23. The fraction of sp³-hybridized carbons (Fsp3) is 0.600. The number of halogens is 3.